The first-order chi connectivity index (χ1) is 7.99. The molecule has 0 fully saturated rings. The fourth-order valence-electron chi connectivity index (χ4n) is 2.25. The average Bonchev–Trinajstić information content (AvgIpc) is 2.68. The predicted octanol–water partition coefficient (Wildman–Crippen LogP) is 2.44. The van der Waals surface area contributed by atoms with Crippen molar-refractivity contribution in [2.45, 2.75) is 58.1 Å². The third kappa shape index (κ3) is 3.27. The number of nitrogens with one attached hydrogen (secondary N) is 1. The summed E-state index contributed by atoms with van der Waals surface area (Å²) in [5.74, 6) is 0.523. The zero-order valence-electron chi connectivity index (χ0n) is 10.9. The van der Waals surface area contributed by atoms with Gasteiger partial charge in [0, 0.05) is 22.9 Å². The van der Waals surface area contributed by atoms with E-state index in [9.17, 15) is 0 Å². The zero-order chi connectivity index (χ0) is 12.5. The summed E-state index contributed by atoms with van der Waals surface area (Å²) in [6.45, 7) is 7.65. The molecule has 4 heteroatoms. The molecule has 3 nitrogen and oxygen atoms in total. The maximum absolute atomic E-state index is 9.16. The molecule has 1 aliphatic carbocycles. The topological polar surface area (TPSA) is 45.1 Å². The number of nitrogens with zero attached hydrogens (tertiary/aromatic N) is 1. The summed E-state index contributed by atoms with van der Waals surface area (Å²) in [5.41, 5.74) is 1.40. The lowest BCUT2D eigenvalue weighted by Crippen LogP contribution is -2.39. The summed E-state index contributed by atoms with van der Waals surface area (Å²) in [6.07, 6.45) is 3.60. The van der Waals surface area contributed by atoms with Crippen molar-refractivity contribution >= 4 is 11.3 Å². The Bertz CT molecular complexity index is 381. The first-order valence-electron chi connectivity index (χ1n) is 6.34. The van der Waals surface area contributed by atoms with E-state index in [4.69, 9.17) is 5.11 Å². The highest BCUT2D eigenvalue weighted by Crippen LogP contribution is 2.34. The van der Waals surface area contributed by atoms with Crippen molar-refractivity contribution in [1.82, 2.24) is 10.3 Å². The van der Waals surface area contributed by atoms with Crippen LogP contribution in [0.1, 0.15) is 55.1 Å². The highest BCUT2D eigenvalue weighted by Gasteiger charge is 2.25. The van der Waals surface area contributed by atoms with Gasteiger partial charge in [-0.2, -0.15) is 0 Å². The van der Waals surface area contributed by atoms with Gasteiger partial charge in [-0.3, -0.25) is 0 Å². The van der Waals surface area contributed by atoms with E-state index in [1.807, 2.05) is 0 Å². The Morgan fingerprint density at radius 1 is 1.47 bits per heavy atom. The lowest BCUT2D eigenvalue weighted by Gasteiger charge is -2.27. The predicted molar refractivity (Wildman–Crippen MR) is 71.5 cm³/mol. The third-order valence-electron chi connectivity index (χ3n) is 3.13. The normalized spacial score (nSPS) is 20.4. The van der Waals surface area contributed by atoms with Crippen LogP contribution in [0.15, 0.2) is 0 Å². The molecule has 1 aromatic rings. The van der Waals surface area contributed by atoms with Crippen molar-refractivity contribution in [3.8, 4) is 0 Å². The van der Waals surface area contributed by atoms with Gasteiger partial charge in [-0.05, 0) is 40.0 Å². The number of hydrogen-bond donors (Lipinski definition) is 2. The first-order valence-corrected chi connectivity index (χ1v) is 7.15. The second-order valence-electron chi connectivity index (χ2n) is 5.79. The second kappa shape index (κ2) is 5.04. The van der Waals surface area contributed by atoms with Gasteiger partial charge in [-0.1, -0.05) is 0 Å². The first kappa shape index (κ1) is 13.0. The minimum absolute atomic E-state index is 0.0804. The molecule has 0 spiro atoms. The molecule has 0 aromatic carbocycles. The summed E-state index contributed by atoms with van der Waals surface area (Å²) in [4.78, 5) is 5.97. The average molecular weight is 254 g/mol. The quantitative estimate of drug-likeness (QED) is 0.871. The molecule has 0 amide bonds. The molecule has 1 aromatic heterocycles. The van der Waals surface area contributed by atoms with Gasteiger partial charge in [0.05, 0.1) is 12.3 Å². The largest absolute Gasteiger partial charge is 0.389 e. The SMILES string of the molecule is CC(C)(C)NCC1CCCc2sc(CO)nc21. The molecule has 0 radical (unpaired) electrons. The van der Waals surface area contributed by atoms with Crippen LogP contribution in [0.25, 0.3) is 0 Å². The van der Waals surface area contributed by atoms with Crippen molar-refractivity contribution in [2.24, 2.45) is 0 Å². The Morgan fingerprint density at radius 3 is 2.88 bits per heavy atom. The maximum Gasteiger partial charge on any atom is 0.119 e. The smallest absolute Gasteiger partial charge is 0.119 e. The van der Waals surface area contributed by atoms with E-state index >= 15 is 0 Å². The molecule has 0 saturated carbocycles. The lowest BCUT2D eigenvalue weighted by molar-refractivity contribution is 0.280. The molecule has 0 saturated heterocycles. The Balaban J connectivity index is 2.08. The number of aliphatic hydroxyl groups excluding tert-OH is 1. The number of aliphatic hydroxyl groups is 1. The van der Waals surface area contributed by atoms with Crippen LogP contribution in [0, 0.1) is 0 Å². The van der Waals surface area contributed by atoms with E-state index in [1.54, 1.807) is 11.3 Å². The number of thiazole rings is 1. The van der Waals surface area contributed by atoms with E-state index in [-0.39, 0.29) is 12.1 Å². The molecule has 1 aliphatic rings. The second-order valence-corrected chi connectivity index (χ2v) is 6.96. The number of aryl methyl sites for hydroxylation is 1. The molecular formula is C13H22N2OS. The van der Waals surface area contributed by atoms with Crippen LogP contribution in [0.5, 0.6) is 0 Å². The number of rotatable bonds is 3. The van der Waals surface area contributed by atoms with Gasteiger partial charge in [-0.15, -0.1) is 11.3 Å². The fourth-order valence-corrected chi connectivity index (χ4v) is 3.31. The summed E-state index contributed by atoms with van der Waals surface area (Å²) in [5, 5.41) is 13.6. The molecule has 1 atom stereocenters. The van der Waals surface area contributed by atoms with Crippen LogP contribution in [0.4, 0.5) is 0 Å². The van der Waals surface area contributed by atoms with Gasteiger partial charge in [0.2, 0.25) is 0 Å². The van der Waals surface area contributed by atoms with Crippen LogP contribution in [0.3, 0.4) is 0 Å². The molecule has 1 unspecified atom stereocenters. The van der Waals surface area contributed by atoms with Crippen LogP contribution in [-0.2, 0) is 13.0 Å². The van der Waals surface area contributed by atoms with Crippen molar-refractivity contribution in [1.29, 1.82) is 0 Å². The minimum Gasteiger partial charge on any atom is -0.389 e. The van der Waals surface area contributed by atoms with Crippen molar-refractivity contribution < 1.29 is 5.11 Å². The Labute approximate surface area is 107 Å². The maximum atomic E-state index is 9.16. The molecule has 0 bridgehead atoms. The highest BCUT2D eigenvalue weighted by atomic mass is 32.1. The third-order valence-corrected chi connectivity index (χ3v) is 4.24. The van der Waals surface area contributed by atoms with E-state index in [1.165, 1.54) is 23.4 Å². The van der Waals surface area contributed by atoms with Crippen LogP contribution in [-0.4, -0.2) is 22.2 Å². The summed E-state index contributed by atoms with van der Waals surface area (Å²) >= 11 is 1.68. The standard InChI is InChI=1S/C13H22N2OS/c1-13(2,3)14-7-9-5-4-6-10-12(9)15-11(8-16)17-10/h9,14,16H,4-8H2,1-3H3. The van der Waals surface area contributed by atoms with E-state index < -0.39 is 0 Å². The van der Waals surface area contributed by atoms with Crippen LogP contribution >= 0.6 is 11.3 Å². The Kier molecular flexibility index (Phi) is 3.85. The van der Waals surface area contributed by atoms with Gasteiger partial charge in [0.15, 0.2) is 0 Å². The summed E-state index contributed by atoms with van der Waals surface area (Å²) < 4.78 is 0. The van der Waals surface area contributed by atoms with Crippen molar-refractivity contribution in [3.63, 3.8) is 0 Å². The molecule has 2 N–H and O–H groups in total. The van der Waals surface area contributed by atoms with Crippen molar-refractivity contribution in [2.75, 3.05) is 6.54 Å². The molecule has 0 aliphatic heterocycles. The highest BCUT2D eigenvalue weighted by molar-refractivity contribution is 7.11. The number of hydrogen-bond acceptors (Lipinski definition) is 4. The van der Waals surface area contributed by atoms with Crippen molar-refractivity contribution in [3.05, 3.63) is 15.6 Å². The molecular weight excluding hydrogens is 232 g/mol. The lowest BCUT2D eigenvalue weighted by atomic mass is 9.90. The van der Waals surface area contributed by atoms with Gasteiger partial charge >= 0.3 is 0 Å². The molecule has 17 heavy (non-hydrogen) atoms. The van der Waals surface area contributed by atoms with Gasteiger partial charge in [-0.25, -0.2) is 4.98 Å². The van der Waals surface area contributed by atoms with Gasteiger partial charge in [0.1, 0.15) is 5.01 Å². The monoisotopic (exact) mass is 254 g/mol. The van der Waals surface area contributed by atoms with E-state index in [2.05, 4.69) is 31.1 Å². The van der Waals surface area contributed by atoms with Gasteiger partial charge < -0.3 is 10.4 Å². The van der Waals surface area contributed by atoms with Gasteiger partial charge in [0.25, 0.3) is 0 Å². The van der Waals surface area contributed by atoms with E-state index in [0.29, 0.717) is 5.92 Å². The Morgan fingerprint density at radius 2 is 2.24 bits per heavy atom. The number of aromatic nitrogens is 1. The molecule has 1 heterocycles. The van der Waals surface area contributed by atoms with Crippen LogP contribution < -0.4 is 5.32 Å². The molecule has 96 valence electrons. The number of fused-ring (bicyclic) bond motifs is 1. The minimum atomic E-state index is 0.0804. The molecule has 2 rings (SSSR count). The van der Waals surface area contributed by atoms with Crippen LogP contribution in [0.2, 0.25) is 0 Å². The summed E-state index contributed by atoms with van der Waals surface area (Å²) in [6, 6.07) is 0. The summed E-state index contributed by atoms with van der Waals surface area (Å²) in [7, 11) is 0. The zero-order valence-corrected chi connectivity index (χ0v) is 11.7. The fraction of sp³-hybridized carbons (Fsp3) is 0.769. The van der Waals surface area contributed by atoms with E-state index in [0.717, 1.165) is 18.0 Å². The Hall–Kier alpha value is -0.450.